The van der Waals surface area contributed by atoms with E-state index in [1.807, 2.05) is 4.90 Å². The van der Waals surface area contributed by atoms with Crippen molar-refractivity contribution in [2.24, 2.45) is 0 Å². The fourth-order valence-electron chi connectivity index (χ4n) is 3.26. The van der Waals surface area contributed by atoms with Crippen LogP contribution >= 0.6 is 0 Å². The van der Waals surface area contributed by atoms with E-state index in [4.69, 9.17) is 4.74 Å². The second-order valence-electron chi connectivity index (χ2n) is 5.93. The molecular formula is C15H28N2O2. The number of ether oxygens (including phenoxy) is 1. The van der Waals surface area contributed by atoms with Crippen molar-refractivity contribution < 1.29 is 9.53 Å². The van der Waals surface area contributed by atoms with Crippen LogP contribution in [-0.2, 0) is 4.74 Å². The summed E-state index contributed by atoms with van der Waals surface area (Å²) < 4.78 is 5.96. The van der Waals surface area contributed by atoms with Gasteiger partial charge in [0.1, 0.15) is 0 Å². The van der Waals surface area contributed by atoms with E-state index in [9.17, 15) is 4.79 Å². The van der Waals surface area contributed by atoms with Crippen molar-refractivity contribution in [1.29, 1.82) is 0 Å². The first kappa shape index (κ1) is 14.6. The summed E-state index contributed by atoms with van der Waals surface area (Å²) in [6.07, 6.45) is 7.51. The van der Waals surface area contributed by atoms with Crippen LogP contribution in [0.4, 0.5) is 4.79 Å². The molecule has 1 unspecified atom stereocenters. The predicted octanol–water partition coefficient (Wildman–Crippen LogP) is 2.92. The van der Waals surface area contributed by atoms with Crippen molar-refractivity contribution in [3.63, 3.8) is 0 Å². The fraction of sp³-hybridized carbons (Fsp3) is 0.933. The van der Waals surface area contributed by atoms with Gasteiger partial charge >= 0.3 is 6.03 Å². The lowest BCUT2D eigenvalue weighted by Gasteiger charge is -2.41. The van der Waals surface area contributed by atoms with E-state index in [0.717, 1.165) is 58.2 Å². The Kier molecular flexibility index (Phi) is 5.08. The number of urea groups is 1. The molecule has 0 spiro atoms. The maximum Gasteiger partial charge on any atom is 0.317 e. The van der Waals surface area contributed by atoms with Gasteiger partial charge in [0.15, 0.2) is 0 Å². The zero-order valence-electron chi connectivity index (χ0n) is 12.4. The smallest absolute Gasteiger partial charge is 0.317 e. The van der Waals surface area contributed by atoms with Gasteiger partial charge in [0.2, 0.25) is 0 Å². The average Bonchev–Trinajstić information content (AvgIpc) is 2.48. The van der Waals surface area contributed by atoms with Crippen molar-refractivity contribution in [3.8, 4) is 0 Å². The van der Waals surface area contributed by atoms with Gasteiger partial charge in [0, 0.05) is 25.7 Å². The second-order valence-corrected chi connectivity index (χ2v) is 5.93. The SMILES string of the molecule is CCC1(CC)CC(NC(=O)N2CCCCC2)CCO1. The van der Waals surface area contributed by atoms with Crippen molar-refractivity contribution in [2.45, 2.75) is 70.4 Å². The van der Waals surface area contributed by atoms with Gasteiger partial charge < -0.3 is 15.0 Å². The molecule has 2 rings (SSSR count). The highest BCUT2D eigenvalue weighted by Crippen LogP contribution is 2.31. The maximum atomic E-state index is 12.2. The van der Waals surface area contributed by atoms with Crippen molar-refractivity contribution in [2.75, 3.05) is 19.7 Å². The molecular weight excluding hydrogens is 240 g/mol. The molecule has 4 heteroatoms. The van der Waals surface area contributed by atoms with E-state index in [1.165, 1.54) is 6.42 Å². The molecule has 2 heterocycles. The van der Waals surface area contributed by atoms with Gasteiger partial charge in [-0.15, -0.1) is 0 Å². The fourth-order valence-corrected chi connectivity index (χ4v) is 3.26. The Morgan fingerprint density at radius 1 is 1.26 bits per heavy atom. The monoisotopic (exact) mass is 268 g/mol. The first-order valence-corrected chi connectivity index (χ1v) is 7.88. The lowest BCUT2D eigenvalue weighted by atomic mass is 9.86. The highest BCUT2D eigenvalue weighted by Gasteiger charge is 2.35. The van der Waals surface area contributed by atoms with Gasteiger partial charge in [0.25, 0.3) is 0 Å². The Morgan fingerprint density at radius 2 is 1.95 bits per heavy atom. The molecule has 0 aliphatic carbocycles. The lowest BCUT2D eigenvalue weighted by molar-refractivity contribution is -0.0918. The number of piperidine rings is 1. The quantitative estimate of drug-likeness (QED) is 0.855. The summed E-state index contributed by atoms with van der Waals surface area (Å²) in [5.74, 6) is 0. The number of hydrogen-bond donors (Lipinski definition) is 1. The summed E-state index contributed by atoms with van der Waals surface area (Å²) in [4.78, 5) is 14.2. The Hall–Kier alpha value is -0.770. The number of hydrogen-bond acceptors (Lipinski definition) is 2. The van der Waals surface area contributed by atoms with Gasteiger partial charge in [-0.3, -0.25) is 0 Å². The third-order valence-corrected chi connectivity index (χ3v) is 4.75. The second kappa shape index (κ2) is 6.60. The molecule has 0 aromatic carbocycles. The van der Waals surface area contributed by atoms with Crippen LogP contribution in [0.3, 0.4) is 0 Å². The zero-order chi connectivity index (χ0) is 13.7. The number of amides is 2. The third-order valence-electron chi connectivity index (χ3n) is 4.75. The minimum atomic E-state index is -0.0158. The van der Waals surface area contributed by atoms with Gasteiger partial charge in [-0.05, 0) is 44.9 Å². The van der Waals surface area contributed by atoms with Crippen molar-refractivity contribution >= 4 is 6.03 Å². The normalized spacial score (nSPS) is 27.1. The third kappa shape index (κ3) is 3.62. The van der Waals surface area contributed by atoms with E-state index in [1.54, 1.807) is 0 Å². The summed E-state index contributed by atoms with van der Waals surface area (Å²) in [5.41, 5.74) is -0.0158. The zero-order valence-corrected chi connectivity index (χ0v) is 12.4. The number of nitrogens with zero attached hydrogens (tertiary/aromatic N) is 1. The van der Waals surface area contributed by atoms with E-state index in [-0.39, 0.29) is 17.7 Å². The van der Waals surface area contributed by atoms with Crippen LogP contribution in [0.2, 0.25) is 0 Å². The molecule has 0 saturated carbocycles. The summed E-state index contributed by atoms with van der Waals surface area (Å²) in [7, 11) is 0. The van der Waals surface area contributed by atoms with Crippen LogP contribution in [0.5, 0.6) is 0 Å². The van der Waals surface area contributed by atoms with Crippen LogP contribution in [0, 0.1) is 0 Å². The summed E-state index contributed by atoms with van der Waals surface area (Å²) in [5, 5.41) is 3.22. The van der Waals surface area contributed by atoms with Gasteiger partial charge in [0.05, 0.1) is 5.60 Å². The van der Waals surface area contributed by atoms with Crippen LogP contribution in [0.25, 0.3) is 0 Å². The Labute approximate surface area is 116 Å². The maximum absolute atomic E-state index is 12.2. The molecule has 0 aromatic rings. The largest absolute Gasteiger partial charge is 0.375 e. The standard InChI is InChI=1S/C15H28N2O2/c1-3-15(4-2)12-13(8-11-19-15)16-14(18)17-9-6-5-7-10-17/h13H,3-12H2,1-2H3,(H,16,18). The molecule has 0 aromatic heterocycles. The highest BCUT2D eigenvalue weighted by atomic mass is 16.5. The predicted molar refractivity (Wildman–Crippen MR) is 76.2 cm³/mol. The van der Waals surface area contributed by atoms with Crippen molar-refractivity contribution in [3.05, 3.63) is 0 Å². The summed E-state index contributed by atoms with van der Waals surface area (Å²) >= 11 is 0. The van der Waals surface area contributed by atoms with Crippen LogP contribution in [0.15, 0.2) is 0 Å². The van der Waals surface area contributed by atoms with E-state index < -0.39 is 0 Å². The van der Waals surface area contributed by atoms with E-state index >= 15 is 0 Å². The van der Waals surface area contributed by atoms with Crippen molar-refractivity contribution in [1.82, 2.24) is 10.2 Å². The topological polar surface area (TPSA) is 41.6 Å². The van der Waals surface area contributed by atoms with Crippen LogP contribution in [0.1, 0.15) is 58.8 Å². The number of likely N-dealkylation sites (tertiary alicyclic amines) is 1. The molecule has 1 atom stereocenters. The Bertz CT molecular complexity index is 297. The molecule has 0 radical (unpaired) electrons. The molecule has 2 aliphatic rings. The molecule has 1 N–H and O–H groups in total. The first-order valence-electron chi connectivity index (χ1n) is 7.88. The highest BCUT2D eigenvalue weighted by molar-refractivity contribution is 5.74. The number of rotatable bonds is 3. The molecule has 19 heavy (non-hydrogen) atoms. The first-order chi connectivity index (χ1) is 9.19. The minimum absolute atomic E-state index is 0.0158. The van der Waals surface area contributed by atoms with Crippen LogP contribution < -0.4 is 5.32 Å². The number of carbonyl (C=O) groups is 1. The lowest BCUT2D eigenvalue weighted by Crippen LogP contribution is -2.52. The molecule has 110 valence electrons. The van der Waals surface area contributed by atoms with E-state index in [0.29, 0.717) is 0 Å². The molecule has 4 nitrogen and oxygen atoms in total. The molecule has 2 aliphatic heterocycles. The van der Waals surface area contributed by atoms with Gasteiger partial charge in [-0.1, -0.05) is 13.8 Å². The van der Waals surface area contributed by atoms with Crippen LogP contribution in [-0.4, -0.2) is 42.3 Å². The van der Waals surface area contributed by atoms with Gasteiger partial charge in [-0.2, -0.15) is 0 Å². The summed E-state index contributed by atoms with van der Waals surface area (Å²) in [6, 6.07) is 0.413. The van der Waals surface area contributed by atoms with E-state index in [2.05, 4.69) is 19.2 Å². The molecule has 0 bridgehead atoms. The summed E-state index contributed by atoms with van der Waals surface area (Å²) in [6.45, 7) is 6.97. The Balaban J connectivity index is 1.86. The number of carbonyl (C=O) groups excluding carboxylic acids is 1. The molecule has 2 fully saturated rings. The Morgan fingerprint density at radius 3 is 2.58 bits per heavy atom. The average molecular weight is 268 g/mol. The molecule has 2 saturated heterocycles. The minimum Gasteiger partial charge on any atom is -0.375 e. The number of nitrogens with one attached hydrogen (secondary N) is 1. The van der Waals surface area contributed by atoms with Gasteiger partial charge in [-0.25, -0.2) is 4.79 Å². The molecule has 2 amide bonds.